The number of aromatic nitrogens is 3. The number of rotatable bonds is 8. The molecule has 1 aliphatic rings. The molecule has 1 fully saturated rings. The molecule has 128 valence electrons. The summed E-state index contributed by atoms with van der Waals surface area (Å²) >= 11 is 1.29. The number of thioether (sulfide) groups is 1. The Morgan fingerprint density at radius 1 is 1.42 bits per heavy atom. The minimum atomic E-state index is -0.236. The van der Waals surface area contributed by atoms with Gasteiger partial charge in [0.2, 0.25) is 5.91 Å². The van der Waals surface area contributed by atoms with Crippen molar-refractivity contribution in [1.82, 2.24) is 20.1 Å². The number of hydrogen-bond donors (Lipinski definition) is 2. The van der Waals surface area contributed by atoms with E-state index >= 15 is 0 Å². The summed E-state index contributed by atoms with van der Waals surface area (Å²) in [4.78, 5) is 23.9. The highest BCUT2D eigenvalue weighted by Crippen LogP contribution is 2.32. The first-order valence-electron chi connectivity index (χ1n) is 8.25. The van der Waals surface area contributed by atoms with Crippen LogP contribution in [0.4, 0.5) is 0 Å². The fourth-order valence-electron chi connectivity index (χ4n) is 2.64. The van der Waals surface area contributed by atoms with Crippen LogP contribution in [0.3, 0.4) is 0 Å². The van der Waals surface area contributed by atoms with Crippen molar-refractivity contribution in [2.75, 3.05) is 5.75 Å². The molecule has 7 heteroatoms. The van der Waals surface area contributed by atoms with Gasteiger partial charge >= 0.3 is 5.69 Å². The maximum atomic E-state index is 12.0. The van der Waals surface area contributed by atoms with Crippen molar-refractivity contribution in [2.45, 2.75) is 43.9 Å². The summed E-state index contributed by atoms with van der Waals surface area (Å²) in [6, 6.07) is 10.2. The molecule has 1 atom stereocenters. The minimum Gasteiger partial charge on any atom is -0.353 e. The van der Waals surface area contributed by atoms with Gasteiger partial charge in [-0.25, -0.2) is 9.89 Å². The Morgan fingerprint density at radius 2 is 2.17 bits per heavy atom. The fourth-order valence-corrected chi connectivity index (χ4v) is 3.42. The molecule has 0 saturated heterocycles. The molecule has 1 amide bonds. The topological polar surface area (TPSA) is 79.8 Å². The van der Waals surface area contributed by atoms with Crippen LogP contribution in [0.2, 0.25) is 0 Å². The summed E-state index contributed by atoms with van der Waals surface area (Å²) in [6.07, 6.45) is 3.15. The molecular formula is C17H22N4O2S. The molecule has 0 unspecified atom stereocenters. The van der Waals surface area contributed by atoms with Gasteiger partial charge in [-0.05, 0) is 37.7 Å². The lowest BCUT2D eigenvalue weighted by Crippen LogP contribution is -2.35. The van der Waals surface area contributed by atoms with Crippen molar-refractivity contribution in [3.63, 3.8) is 0 Å². The van der Waals surface area contributed by atoms with Gasteiger partial charge in [0, 0.05) is 12.6 Å². The van der Waals surface area contributed by atoms with Crippen LogP contribution in [0.25, 0.3) is 0 Å². The maximum absolute atomic E-state index is 12.0. The average Bonchev–Trinajstić information content (AvgIpc) is 3.37. The lowest BCUT2D eigenvalue weighted by atomic mass is 10.1. The smallest absolute Gasteiger partial charge is 0.343 e. The number of aryl methyl sites for hydroxylation is 1. The molecule has 1 heterocycles. The van der Waals surface area contributed by atoms with E-state index in [4.69, 9.17) is 0 Å². The molecule has 1 aromatic carbocycles. The number of carbonyl (C=O) groups excluding carboxylic acids is 1. The number of nitrogens with zero attached hydrogens (tertiary/aromatic N) is 2. The second kappa shape index (κ2) is 7.70. The van der Waals surface area contributed by atoms with Gasteiger partial charge in [-0.1, -0.05) is 42.1 Å². The molecular weight excluding hydrogens is 324 g/mol. The van der Waals surface area contributed by atoms with E-state index in [-0.39, 0.29) is 23.4 Å². The summed E-state index contributed by atoms with van der Waals surface area (Å²) in [5.41, 5.74) is 0.928. The normalized spacial score (nSPS) is 15.2. The van der Waals surface area contributed by atoms with Crippen molar-refractivity contribution >= 4 is 17.7 Å². The predicted molar refractivity (Wildman–Crippen MR) is 94.0 cm³/mol. The van der Waals surface area contributed by atoms with Gasteiger partial charge in [0.1, 0.15) is 0 Å². The molecule has 0 bridgehead atoms. The number of carbonyl (C=O) groups is 1. The molecule has 1 aliphatic carbocycles. The molecule has 3 rings (SSSR count). The number of amides is 1. The largest absolute Gasteiger partial charge is 0.353 e. The summed E-state index contributed by atoms with van der Waals surface area (Å²) < 4.78 is 1.59. The first-order chi connectivity index (χ1) is 11.6. The summed E-state index contributed by atoms with van der Waals surface area (Å²) in [5, 5.41) is 10.1. The van der Waals surface area contributed by atoms with E-state index in [0.29, 0.717) is 17.6 Å². The van der Waals surface area contributed by atoms with Crippen LogP contribution in [0.1, 0.15) is 25.3 Å². The van der Waals surface area contributed by atoms with E-state index in [1.807, 2.05) is 37.3 Å². The Labute approximate surface area is 145 Å². The van der Waals surface area contributed by atoms with Crippen LogP contribution in [0.15, 0.2) is 40.3 Å². The van der Waals surface area contributed by atoms with Crippen LogP contribution in [-0.2, 0) is 17.8 Å². The zero-order chi connectivity index (χ0) is 16.9. The molecule has 6 nitrogen and oxygen atoms in total. The highest BCUT2D eigenvalue weighted by atomic mass is 32.2. The van der Waals surface area contributed by atoms with Crippen molar-refractivity contribution in [3.8, 4) is 0 Å². The summed E-state index contributed by atoms with van der Waals surface area (Å²) in [6.45, 7) is 2.59. The number of H-pyrrole nitrogens is 1. The van der Waals surface area contributed by atoms with E-state index in [9.17, 15) is 9.59 Å². The Kier molecular flexibility index (Phi) is 5.40. The Bertz CT molecular complexity index is 737. The van der Waals surface area contributed by atoms with Crippen LogP contribution < -0.4 is 11.0 Å². The van der Waals surface area contributed by atoms with Crippen LogP contribution in [0, 0.1) is 5.92 Å². The predicted octanol–water partition coefficient (Wildman–Crippen LogP) is 1.82. The van der Waals surface area contributed by atoms with Gasteiger partial charge in [0.15, 0.2) is 5.16 Å². The monoisotopic (exact) mass is 346 g/mol. The van der Waals surface area contributed by atoms with E-state index in [0.717, 1.165) is 12.0 Å². The van der Waals surface area contributed by atoms with E-state index < -0.39 is 0 Å². The standard InChI is InChI=1S/C17H22N4O2S/c1-12(14-7-8-14)18-15(22)11-24-17-20-19-16(23)21(17)10-9-13-5-3-2-4-6-13/h2-6,12,14H,7-11H2,1H3,(H,18,22)(H,19,23)/t12-/m0/s1. The number of hydrogen-bond acceptors (Lipinski definition) is 4. The first-order valence-corrected chi connectivity index (χ1v) is 9.23. The summed E-state index contributed by atoms with van der Waals surface area (Å²) in [5.74, 6) is 0.894. The lowest BCUT2D eigenvalue weighted by molar-refractivity contribution is -0.119. The van der Waals surface area contributed by atoms with Gasteiger partial charge in [-0.3, -0.25) is 9.36 Å². The molecule has 2 N–H and O–H groups in total. The highest BCUT2D eigenvalue weighted by molar-refractivity contribution is 7.99. The van der Waals surface area contributed by atoms with Crippen LogP contribution in [-0.4, -0.2) is 32.5 Å². The third-order valence-electron chi connectivity index (χ3n) is 4.24. The Morgan fingerprint density at radius 3 is 2.88 bits per heavy atom. The molecule has 2 aromatic rings. The Balaban J connectivity index is 1.54. The van der Waals surface area contributed by atoms with Gasteiger partial charge in [0.05, 0.1) is 5.75 Å². The molecule has 0 radical (unpaired) electrons. The van der Waals surface area contributed by atoms with E-state index in [1.165, 1.54) is 24.6 Å². The number of nitrogens with one attached hydrogen (secondary N) is 2. The quantitative estimate of drug-likeness (QED) is 0.715. The number of aromatic amines is 1. The zero-order valence-electron chi connectivity index (χ0n) is 13.7. The van der Waals surface area contributed by atoms with E-state index in [1.54, 1.807) is 4.57 Å². The SMILES string of the molecule is C[C@H](NC(=O)CSc1n[nH]c(=O)n1CCc1ccccc1)C1CC1. The van der Waals surface area contributed by atoms with Gasteiger partial charge < -0.3 is 5.32 Å². The third-order valence-corrected chi connectivity index (χ3v) is 5.22. The Hall–Kier alpha value is -2.02. The third kappa shape index (κ3) is 4.50. The molecule has 24 heavy (non-hydrogen) atoms. The van der Waals surface area contributed by atoms with Crippen molar-refractivity contribution in [1.29, 1.82) is 0 Å². The fraction of sp³-hybridized carbons (Fsp3) is 0.471. The molecule has 1 aromatic heterocycles. The highest BCUT2D eigenvalue weighted by Gasteiger charge is 2.28. The summed E-state index contributed by atoms with van der Waals surface area (Å²) in [7, 11) is 0. The van der Waals surface area contributed by atoms with Crippen molar-refractivity contribution < 1.29 is 4.79 Å². The first kappa shape index (κ1) is 16.8. The second-order valence-corrected chi connectivity index (χ2v) is 7.12. The number of benzene rings is 1. The van der Waals surface area contributed by atoms with Gasteiger partial charge in [0.25, 0.3) is 0 Å². The molecule has 0 aliphatic heterocycles. The molecule has 1 saturated carbocycles. The van der Waals surface area contributed by atoms with E-state index in [2.05, 4.69) is 15.5 Å². The van der Waals surface area contributed by atoms with Gasteiger partial charge in [-0.2, -0.15) is 0 Å². The van der Waals surface area contributed by atoms with Gasteiger partial charge in [-0.15, -0.1) is 5.10 Å². The van der Waals surface area contributed by atoms with Crippen molar-refractivity contribution in [3.05, 3.63) is 46.4 Å². The lowest BCUT2D eigenvalue weighted by Gasteiger charge is -2.12. The maximum Gasteiger partial charge on any atom is 0.343 e. The van der Waals surface area contributed by atoms with Crippen LogP contribution in [0.5, 0.6) is 0 Å². The van der Waals surface area contributed by atoms with Crippen LogP contribution >= 0.6 is 11.8 Å². The minimum absolute atomic E-state index is 0.00976. The van der Waals surface area contributed by atoms with Crippen molar-refractivity contribution in [2.24, 2.45) is 5.92 Å². The second-order valence-electron chi connectivity index (χ2n) is 6.18. The zero-order valence-corrected chi connectivity index (χ0v) is 14.5. The molecule has 0 spiro atoms. The average molecular weight is 346 g/mol.